The van der Waals surface area contributed by atoms with Gasteiger partial charge in [-0.15, -0.1) is 0 Å². The first-order valence-electron chi connectivity index (χ1n) is 7.86. The lowest BCUT2D eigenvalue weighted by Gasteiger charge is -2.24. The van der Waals surface area contributed by atoms with Gasteiger partial charge in [0.25, 0.3) is 5.91 Å². The molecular weight excluding hydrogens is 302 g/mol. The van der Waals surface area contributed by atoms with Gasteiger partial charge in [0.2, 0.25) is 0 Å². The predicted octanol–water partition coefficient (Wildman–Crippen LogP) is 3.73. The molecule has 1 amide bonds. The molecule has 0 radical (unpaired) electrons. The number of rotatable bonds is 4. The Morgan fingerprint density at radius 2 is 1.88 bits per heavy atom. The van der Waals surface area contributed by atoms with Crippen molar-refractivity contribution >= 4 is 22.7 Å². The Morgan fingerprint density at radius 3 is 2.50 bits per heavy atom. The highest BCUT2D eigenvalue weighted by Crippen LogP contribution is 2.29. The molecule has 2 aromatic heterocycles. The number of carbonyl (C=O) groups is 1. The first kappa shape index (κ1) is 16.1. The van der Waals surface area contributed by atoms with Gasteiger partial charge in [-0.25, -0.2) is 4.98 Å². The number of hydrogen-bond donors (Lipinski definition) is 0. The first-order chi connectivity index (χ1) is 11.5. The average Bonchev–Trinajstić information content (AvgIpc) is 3.04. The zero-order valence-electron chi connectivity index (χ0n) is 14.4. The molecule has 124 valence electrons. The Morgan fingerprint density at radius 1 is 1.12 bits per heavy atom. The van der Waals surface area contributed by atoms with Crippen molar-refractivity contribution in [1.29, 1.82) is 0 Å². The van der Waals surface area contributed by atoms with Gasteiger partial charge in [0.05, 0.1) is 11.6 Å². The smallest absolute Gasteiger partial charge is 0.254 e. The van der Waals surface area contributed by atoms with E-state index in [-0.39, 0.29) is 11.9 Å². The number of fused-ring (bicyclic) bond motifs is 1. The standard InChI is InChI=1S/C19H21N3O2/c1-13(17-11-14-7-5-6-8-16(14)24-17)22(4)18-10-9-15(12-20-18)19(23)21(2)3/h5-13H,1-4H3. The van der Waals surface area contributed by atoms with Gasteiger partial charge >= 0.3 is 0 Å². The van der Waals surface area contributed by atoms with E-state index in [1.807, 2.05) is 42.3 Å². The molecule has 0 spiro atoms. The zero-order valence-corrected chi connectivity index (χ0v) is 14.4. The van der Waals surface area contributed by atoms with Crippen LogP contribution in [0.4, 0.5) is 5.82 Å². The number of para-hydroxylation sites is 1. The summed E-state index contributed by atoms with van der Waals surface area (Å²) in [6, 6.07) is 13.7. The van der Waals surface area contributed by atoms with Crippen LogP contribution in [0, 0.1) is 0 Å². The van der Waals surface area contributed by atoms with Crippen molar-refractivity contribution in [2.75, 3.05) is 26.0 Å². The maximum Gasteiger partial charge on any atom is 0.254 e. The molecule has 0 aliphatic carbocycles. The number of nitrogens with zero attached hydrogens (tertiary/aromatic N) is 3. The summed E-state index contributed by atoms with van der Waals surface area (Å²) in [7, 11) is 5.42. The summed E-state index contributed by atoms with van der Waals surface area (Å²) in [5, 5.41) is 1.09. The second-order valence-corrected chi connectivity index (χ2v) is 6.08. The number of aromatic nitrogens is 1. The molecule has 0 aliphatic heterocycles. The van der Waals surface area contributed by atoms with Crippen molar-refractivity contribution in [3.8, 4) is 0 Å². The SMILES string of the molecule is CC(c1cc2ccccc2o1)N(C)c1ccc(C(=O)N(C)C)cn1. The van der Waals surface area contributed by atoms with E-state index in [1.54, 1.807) is 26.4 Å². The summed E-state index contributed by atoms with van der Waals surface area (Å²) in [6.45, 7) is 2.07. The van der Waals surface area contributed by atoms with Gasteiger partial charge in [-0.3, -0.25) is 4.79 Å². The molecule has 0 bridgehead atoms. The Balaban J connectivity index is 1.82. The van der Waals surface area contributed by atoms with Crippen LogP contribution in [0.1, 0.15) is 29.1 Å². The molecule has 3 aromatic rings. The molecule has 1 unspecified atom stereocenters. The number of carbonyl (C=O) groups excluding carboxylic acids is 1. The third-order valence-corrected chi connectivity index (χ3v) is 4.20. The van der Waals surface area contributed by atoms with Gasteiger partial charge in [0.15, 0.2) is 0 Å². The van der Waals surface area contributed by atoms with E-state index in [0.717, 1.165) is 22.5 Å². The summed E-state index contributed by atoms with van der Waals surface area (Å²) >= 11 is 0. The average molecular weight is 323 g/mol. The highest BCUT2D eigenvalue weighted by atomic mass is 16.3. The van der Waals surface area contributed by atoms with Gasteiger partial charge in [0.1, 0.15) is 17.2 Å². The lowest BCUT2D eigenvalue weighted by molar-refractivity contribution is 0.0827. The normalized spacial score (nSPS) is 12.2. The molecule has 0 saturated heterocycles. The summed E-state index contributed by atoms with van der Waals surface area (Å²) in [5.74, 6) is 1.62. The molecule has 1 atom stereocenters. The molecule has 0 N–H and O–H groups in total. The second-order valence-electron chi connectivity index (χ2n) is 6.08. The van der Waals surface area contributed by atoms with Gasteiger partial charge in [-0.05, 0) is 31.2 Å². The quantitative estimate of drug-likeness (QED) is 0.734. The van der Waals surface area contributed by atoms with E-state index in [2.05, 4.69) is 18.0 Å². The van der Waals surface area contributed by atoms with Crippen LogP contribution in [0.25, 0.3) is 11.0 Å². The Bertz CT molecular complexity index is 819. The van der Waals surface area contributed by atoms with E-state index in [9.17, 15) is 4.79 Å². The second kappa shape index (κ2) is 6.35. The number of benzene rings is 1. The van der Waals surface area contributed by atoms with Crippen molar-refractivity contribution in [1.82, 2.24) is 9.88 Å². The van der Waals surface area contributed by atoms with E-state index >= 15 is 0 Å². The molecule has 3 rings (SSSR count). The largest absolute Gasteiger partial charge is 0.459 e. The Hall–Kier alpha value is -2.82. The van der Waals surface area contributed by atoms with Gasteiger partial charge in [-0.2, -0.15) is 0 Å². The zero-order chi connectivity index (χ0) is 17.3. The highest BCUT2D eigenvalue weighted by Gasteiger charge is 2.18. The molecule has 0 aliphatic rings. The number of amides is 1. The summed E-state index contributed by atoms with van der Waals surface area (Å²) in [5.41, 5.74) is 1.46. The lowest BCUT2D eigenvalue weighted by atomic mass is 10.2. The van der Waals surface area contributed by atoms with Crippen molar-refractivity contribution in [3.05, 3.63) is 60.0 Å². The third-order valence-electron chi connectivity index (χ3n) is 4.20. The molecule has 2 heterocycles. The fourth-order valence-corrected chi connectivity index (χ4v) is 2.58. The minimum Gasteiger partial charge on any atom is -0.459 e. The molecular formula is C19H21N3O2. The van der Waals surface area contributed by atoms with Gasteiger partial charge in [0, 0.05) is 32.7 Å². The topological polar surface area (TPSA) is 49.6 Å². The molecule has 0 saturated carbocycles. The van der Waals surface area contributed by atoms with Crippen LogP contribution in [0.15, 0.2) is 53.1 Å². The van der Waals surface area contributed by atoms with Crippen molar-refractivity contribution in [2.45, 2.75) is 13.0 Å². The van der Waals surface area contributed by atoms with Gasteiger partial charge < -0.3 is 14.2 Å². The van der Waals surface area contributed by atoms with E-state index < -0.39 is 0 Å². The maximum absolute atomic E-state index is 11.9. The fourth-order valence-electron chi connectivity index (χ4n) is 2.58. The fraction of sp³-hybridized carbons (Fsp3) is 0.263. The minimum absolute atomic E-state index is 0.0281. The van der Waals surface area contributed by atoms with Crippen LogP contribution in [-0.2, 0) is 0 Å². The third kappa shape index (κ3) is 2.97. The van der Waals surface area contributed by atoms with Crippen LogP contribution < -0.4 is 4.90 Å². The van der Waals surface area contributed by atoms with Crippen LogP contribution in [0.5, 0.6) is 0 Å². The number of pyridine rings is 1. The van der Waals surface area contributed by atoms with Crippen molar-refractivity contribution in [2.24, 2.45) is 0 Å². The summed E-state index contributed by atoms with van der Waals surface area (Å²) in [6.07, 6.45) is 1.61. The van der Waals surface area contributed by atoms with Gasteiger partial charge in [-0.1, -0.05) is 18.2 Å². The molecule has 5 nitrogen and oxygen atoms in total. The molecule has 24 heavy (non-hydrogen) atoms. The maximum atomic E-state index is 11.9. The Labute approximate surface area is 141 Å². The van der Waals surface area contributed by atoms with Crippen LogP contribution in [0.3, 0.4) is 0 Å². The van der Waals surface area contributed by atoms with Crippen LogP contribution in [-0.4, -0.2) is 36.9 Å². The van der Waals surface area contributed by atoms with Crippen molar-refractivity contribution < 1.29 is 9.21 Å². The number of anilines is 1. The summed E-state index contributed by atoms with van der Waals surface area (Å²) < 4.78 is 5.94. The van der Waals surface area contributed by atoms with E-state index in [0.29, 0.717) is 5.56 Å². The molecule has 5 heteroatoms. The molecule has 1 aromatic carbocycles. The first-order valence-corrected chi connectivity index (χ1v) is 7.86. The minimum atomic E-state index is -0.0537. The summed E-state index contributed by atoms with van der Waals surface area (Å²) in [4.78, 5) is 19.9. The number of hydrogen-bond acceptors (Lipinski definition) is 4. The monoisotopic (exact) mass is 323 g/mol. The van der Waals surface area contributed by atoms with Crippen molar-refractivity contribution in [3.63, 3.8) is 0 Å². The van der Waals surface area contributed by atoms with E-state index in [4.69, 9.17) is 4.42 Å². The Kier molecular flexibility index (Phi) is 4.25. The predicted molar refractivity (Wildman–Crippen MR) is 95.3 cm³/mol. The van der Waals surface area contributed by atoms with E-state index in [1.165, 1.54) is 4.90 Å². The highest BCUT2D eigenvalue weighted by molar-refractivity contribution is 5.93. The van der Waals surface area contributed by atoms with Crippen LogP contribution >= 0.6 is 0 Å². The molecule has 0 fully saturated rings. The van der Waals surface area contributed by atoms with Crippen LogP contribution in [0.2, 0.25) is 0 Å². The lowest BCUT2D eigenvalue weighted by Crippen LogP contribution is -2.24. The number of furan rings is 1.